The SMILES string of the molecule is Cc1nn(-c2ccc(F)cc2F)c(C)c1CNC1CCN(C)CC1. The van der Waals surface area contributed by atoms with Crippen molar-refractivity contribution in [2.45, 2.75) is 39.3 Å². The molecule has 0 radical (unpaired) electrons. The highest BCUT2D eigenvalue weighted by molar-refractivity contribution is 5.38. The van der Waals surface area contributed by atoms with E-state index in [1.54, 1.807) is 4.68 Å². The maximum absolute atomic E-state index is 14.0. The van der Waals surface area contributed by atoms with E-state index in [9.17, 15) is 8.78 Å². The van der Waals surface area contributed by atoms with E-state index in [4.69, 9.17) is 0 Å². The largest absolute Gasteiger partial charge is 0.310 e. The van der Waals surface area contributed by atoms with Crippen molar-refractivity contribution >= 4 is 0 Å². The lowest BCUT2D eigenvalue weighted by Gasteiger charge is -2.29. The second kappa shape index (κ2) is 6.99. The zero-order chi connectivity index (χ0) is 17.3. The highest BCUT2D eigenvalue weighted by Gasteiger charge is 2.19. The van der Waals surface area contributed by atoms with E-state index < -0.39 is 11.6 Å². The molecule has 0 amide bonds. The van der Waals surface area contributed by atoms with Crippen LogP contribution in [0.1, 0.15) is 29.8 Å². The third kappa shape index (κ3) is 3.49. The molecule has 1 fully saturated rings. The van der Waals surface area contributed by atoms with Gasteiger partial charge in [-0.15, -0.1) is 0 Å². The number of hydrogen-bond acceptors (Lipinski definition) is 3. The average molecular weight is 334 g/mol. The molecule has 0 unspecified atom stereocenters. The minimum atomic E-state index is -0.601. The van der Waals surface area contributed by atoms with Gasteiger partial charge in [-0.1, -0.05) is 0 Å². The van der Waals surface area contributed by atoms with Crippen LogP contribution in [0, 0.1) is 25.5 Å². The number of hydrogen-bond donors (Lipinski definition) is 1. The van der Waals surface area contributed by atoms with Gasteiger partial charge in [-0.05, 0) is 59.0 Å². The van der Waals surface area contributed by atoms with Gasteiger partial charge in [0.05, 0.1) is 5.69 Å². The summed E-state index contributed by atoms with van der Waals surface area (Å²) in [6, 6.07) is 4.08. The molecule has 3 rings (SSSR count). The van der Waals surface area contributed by atoms with E-state index in [1.165, 1.54) is 12.1 Å². The molecular formula is C18H24F2N4. The molecule has 0 spiro atoms. The number of nitrogens with one attached hydrogen (secondary N) is 1. The molecule has 1 aliphatic heterocycles. The Hall–Kier alpha value is -1.79. The highest BCUT2D eigenvalue weighted by atomic mass is 19.1. The lowest BCUT2D eigenvalue weighted by atomic mass is 10.0. The van der Waals surface area contributed by atoms with Gasteiger partial charge in [0.1, 0.15) is 11.5 Å². The standard InChI is InChI=1S/C18H24F2N4/c1-12-16(11-21-15-6-8-23(3)9-7-15)13(2)24(22-12)18-5-4-14(19)10-17(18)20/h4-5,10,15,21H,6-9,11H2,1-3H3. The van der Waals surface area contributed by atoms with Crippen LogP contribution in [0.5, 0.6) is 0 Å². The maximum Gasteiger partial charge on any atom is 0.151 e. The summed E-state index contributed by atoms with van der Waals surface area (Å²) in [5.41, 5.74) is 3.12. The van der Waals surface area contributed by atoms with Crippen molar-refractivity contribution in [1.82, 2.24) is 20.0 Å². The van der Waals surface area contributed by atoms with Crippen LogP contribution in [0.15, 0.2) is 18.2 Å². The van der Waals surface area contributed by atoms with Crippen LogP contribution >= 0.6 is 0 Å². The summed E-state index contributed by atoms with van der Waals surface area (Å²) >= 11 is 0. The normalized spacial score (nSPS) is 16.7. The summed E-state index contributed by atoms with van der Waals surface area (Å²) in [6.07, 6.45) is 2.27. The molecule has 2 aromatic rings. The first kappa shape index (κ1) is 17.0. The first-order valence-electron chi connectivity index (χ1n) is 8.38. The van der Waals surface area contributed by atoms with Crippen molar-refractivity contribution in [3.05, 3.63) is 46.8 Å². The number of aromatic nitrogens is 2. The Kier molecular flexibility index (Phi) is 4.96. The van der Waals surface area contributed by atoms with Crippen LogP contribution in [-0.4, -0.2) is 40.9 Å². The van der Waals surface area contributed by atoms with Crippen LogP contribution in [0.4, 0.5) is 8.78 Å². The molecule has 1 aromatic heterocycles. The number of aryl methyl sites for hydroxylation is 1. The fourth-order valence-corrected chi connectivity index (χ4v) is 3.28. The summed E-state index contributed by atoms with van der Waals surface area (Å²) in [7, 11) is 2.14. The van der Waals surface area contributed by atoms with E-state index in [2.05, 4.69) is 22.4 Å². The first-order chi connectivity index (χ1) is 11.5. The molecule has 2 heterocycles. The lowest BCUT2D eigenvalue weighted by molar-refractivity contribution is 0.234. The van der Waals surface area contributed by atoms with Crippen LogP contribution in [0.25, 0.3) is 5.69 Å². The summed E-state index contributed by atoms with van der Waals surface area (Å²) in [5, 5.41) is 8.05. The summed E-state index contributed by atoms with van der Waals surface area (Å²) in [4.78, 5) is 2.34. The molecule has 0 bridgehead atoms. The van der Waals surface area contributed by atoms with Crippen molar-refractivity contribution in [2.24, 2.45) is 0 Å². The van der Waals surface area contributed by atoms with E-state index in [1.807, 2.05) is 13.8 Å². The Balaban J connectivity index is 1.77. The zero-order valence-electron chi connectivity index (χ0n) is 14.4. The van der Waals surface area contributed by atoms with Gasteiger partial charge in [0.15, 0.2) is 5.82 Å². The Bertz CT molecular complexity index is 718. The van der Waals surface area contributed by atoms with Crippen LogP contribution in [-0.2, 0) is 6.54 Å². The minimum Gasteiger partial charge on any atom is -0.310 e. The number of piperidine rings is 1. The summed E-state index contributed by atoms with van der Waals surface area (Å²) in [5.74, 6) is -1.18. The van der Waals surface area contributed by atoms with Crippen molar-refractivity contribution in [3.63, 3.8) is 0 Å². The fraction of sp³-hybridized carbons (Fsp3) is 0.500. The van der Waals surface area contributed by atoms with Crippen molar-refractivity contribution in [1.29, 1.82) is 0 Å². The number of rotatable bonds is 4. The van der Waals surface area contributed by atoms with Crippen molar-refractivity contribution in [3.8, 4) is 5.69 Å². The monoisotopic (exact) mass is 334 g/mol. The number of halogens is 2. The average Bonchev–Trinajstić information content (AvgIpc) is 2.82. The Morgan fingerprint density at radius 1 is 1.21 bits per heavy atom. The van der Waals surface area contributed by atoms with Gasteiger partial charge >= 0.3 is 0 Å². The molecule has 0 aliphatic carbocycles. The number of benzene rings is 1. The van der Waals surface area contributed by atoms with Gasteiger partial charge in [0, 0.05) is 29.9 Å². The number of likely N-dealkylation sites (tertiary alicyclic amines) is 1. The van der Waals surface area contributed by atoms with E-state index >= 15 is 0 Å². The number of nitrogens with zero attached hydrogens (tertiary/aromatic N) is 3. The van der Waals surface area contributed by atoms with Crippen LogP contribution < -0.4 is 5.32 Å². The van der Waals surface area contributed by atoms with Gasteiger partial charge in [0.2, 0.25) is 0 Å². The Morgan fingerprint density at radius 3 is 2.58 bits per heavy atom. The Morgan fingerprint density at radius 2 is 1.92 bits per heavy atom. The molecule has 1 saturated heterocycles. The van der Waals surface area contributed by atoms with Gasteiger partial charge in [-0.3, -0.25) is 0 Å². The Labute approximate surface area is 141 Å². The molecule has 4 nitrogen and oxygen atoms in total. The van der Waals surface area contributed by atoms with Gasteiger partial charge in [-0.2, -0.15) is 5.10 Å². The van der Waals surface area contributed by atoms with E-state index in [-0.39, 0.29) is 5.69 Å². The molecule has 0 atom stereocenters. The van der Waals surface area contributed by atoms with Crippen molar-refractivity contribution < 1.29 is 8.78 Å². The highest BCUT2D eigenvalue weighted by Crippen LogP contribution is 2.21. The molecule has 1 aromatic carbocycles. The fourth-order valence-electron chi connectivity index (χ4n) is 3.28. The topological polar surface area (TPSA) is 33.1 Å². The minimum absolute atomic E-state index is 0.280. The zero-order valence-corrected chi connectivity index (χ0v) is 14.4. The van der Waals surface area contributed by atoms with E-state index in [0.29, 0.717) is 6.04 Å². The van der Waals surface area contributed by atoms with Gasteiger partial charge in [0.25, 0.3) is 0 Å². The molecule has 1 aliphatic rings. The smallest absolute Gasteiger partial charge is 0.151 e. The predicted molar refractivity (Wildman–Crippen MR) is 90.3 cm³/mol. The van der Waals surface area contributed by atoms with Crippen LogP contribution in [0.3, 0.4) is 0 Å². The lowest BCUT2D eigenvalue weighted by Crippen LogP contribution is -2.40. The van der Waals surface area contributed by atoms with Gasteiger partial charge < -0.3 is 10.2 Å². The molecule has 24 heavy (non-hydrogen) atoms. The third-order valence-corrected chi connectivity index (χ3v) is 4.87. The quantitative estimate of drug-likeness (QED) is 0.933. The first-order valence-corrected chi connectivity index (χ1v) is 8.38. The molecule has 1 N–H and O–H groups in total. The maximum atomic E-state index is 14.0. The predicted octanol–water partition coefficient (Wildman–Crippen LogP) is 2.95. The third-order valence-electron chi connectivity index (χ3n) is 4.87. The second-order valence-corrected chi connectivity index (χ2v) is 6.62. The van der Waals surface area contributed by atoms with E-state index in [0.717, 1.165) is 55.5 Å². The second-order valence-electron chi connectivity index (χ2n) is 6.62. The summed E-state index contributed by atoms with van der Waals surface area (Å²) < 4.78 is 28.7. The molecule has 6 heteroatoms. The van der Waals surface area contributed by atoms with Crippen molar-refractivity contribution in [2.75, 3.05) is 20.1 Å². The molecule has 130 valence electrons. The van der Waals surface area contributed by atoms with Crippen LogP contribution in [0.2, 0.25) is 0 Å². The van der Waals surface area contributed by atoms with Gasteiger partial charge in [-0.25, -0.2) is 13.5 Å². The molecule has 0 saturated carbocycles. The molecular weight excluding hydrogens is 310 g/mol. The summed E-state index contributed by atoms with van der Waals surface area (Å²) in [6.45, 7) is 6.78.